The molecule has 0 amide bonds. The smallest absolute Gasteiger partial charge is 0.306 e. The number of ether oxygens (including phenoxy) is 2. The molecule has 170 valence electrons. The van der Waals surface area contributed by atoms with Gasteiger partial charge in [0.05, 0.1) is 26.0 Å². The van der Waals surface area contributed by atoms with Crippen molar-refractivity contribution < 1.29 is 31.6 Å². The third-order valence-electron chi connectivity index (χ3n) is 4.79. The van der Waals surface area contributed by atoms with Crippen molar-refractivity contribution in [2.45, 2.75) is 0 Å². The maximum absolute atomic E-state index is 14.1. The molecule has 0 aliphatic carbocycles. The normalized spacial score (nSPS) is 11.2. The maximum atomic E-state index is 14.1. The number of aromatic hydroxyl groups is 1. The van der Waals surface area contributed by atoms with Crippen LogP contribution in [-0.4, -0.2) is 48.1 Å². The van der Waals surface area contributed by atoms with E-state index in [4.69, 9.17) is 13.7 Å². The molecule has 7 nitrogen and oxygen atoms in total. The summed E-state index contributed by atoms with van der Waals surface area (Å²) in [5.74, 6) is -1.19. The van der Waals surface area contributed by atoms with Crippen molar-refractivity contribution in [1.29, 1.82) is 0 Å². The van der Waals surface area contributed by atoms with Crippen LogP contribution in [0.25, 0.3) is 22.3 Å². The van der Waals surface area contributed by atoms with Crippen LogP contribution in [0.15, 0.2) is 48.5 Å². The van der Waals surface area contributed by atoms with Gasteiger partial charge in [-0.3, -0.25) is 0 Å². The van der Waals surface area contributed by atoms with Gasteiger partial charge >= 0.3 is 10.1 Å². The van der Waals surface area contributed by atoms with Crippen molar-refractivity contribution in [3.63, 3.8) is 0 Å². The van der Waals surface area contributed by atoms with Gasteiger partial charge < -0.3 is 23.7 Å². The van der Waals surface area contributed by atoms with Crippen molar-refractivity contribution in [1.82, 2.24) is 0 Å². The summed E-state index contributed by atoms with van der Waals surface area (Å²) in [6, 6.07) is 12.8. The minimum atomic E-state index is -3.99. The van der Waals surface area contributed by atoms with Crippen molar-refractivity contribution in [2.24, 2.45) is 0 Å². The molecule has 0 bridgehead atoms. The van der Waals surface area contributed by atoms with Gasteiger partial charge in [-0.05, 0) is 41.5 Å². The fourth-order valence-electron chi connectivity index (χ4n) is 3.30. The van der Waals surface area contributed by atoms with Gasteiger partial charge in [-0.15, -0.1) is 0 Å². The zero-order valence-corrected chi connectivity index (χ0v) is 19.2. The molecule has 0 aromatic heterocycles. The molecule has 3 aromatic carbocycles. The highest BCUT2D eigenvalue weighted by molar-refractivity contribution is 7.86. The van der Waals surface area contributed by atoms with Gasteiger partial charge in [0.15, 0.2) is 23.1 Å². The van der Waals surface area contributed by atoms with E-state index < -0.39 is 21.7 Å². The minimum absolute atomic E-state index is 0.136. The first-order valence-electron chi connectivity index (χ1n) is 9.50. The Hall–Kier alpha value is -3.46. The second-order valence-corrected chi connectivity index (χ2v) is 8.83. The number of benzene rings is 3. The van der Waals surface area contributed by atoms with Gasteiger partial charge in [0.2, 0.25) is 0 Å². The van der Waals surface area contributed by atoms with Crippen LogP contribution in [0.5, 0.6) is 23.0 Å². The maximum Gasteiger partial charge on any atom is 0.306 e. The van der Waals surface area contributed by atoms with Crippen LogP contribution in [0.3, 0.4) is 0 Å². The number of rotatable bonds is 7. The third-order valence-corrected chi connectivity index (χ3v) is 5.26. The van der Waals surface area contributed by atoms with E-state index in [9.17, 15) is 17.9 Å². The lowest BCUT2D eigenvalue weighted by Crippen LogP contribution is -2.09. The Labute approximate surface area is 186 Å². The Morgan fingerprint density at radius 3 is 2.03 bits per heavy atom. The summed E-state index contributed by atoms with van der Waals surface area (Å²) in [6.07, 6.45) is 0.901. The van der Waals surface area contributed by atoms with Crippen LogP contribution in [0.4, 0.5) is 10.1 Å². The third kappa shape index (κ3) is 4.72. The van der Waals surface area contributed by atoms with Crippen LogP contribution in [0, 0.1) is 5.82 Å². The molecule has 0 radical (unpaired) electrons. The molecule has 0 spiro atoms. The van der Waals surface area contributed by atoms with Crippen LogP contribution < -0.4 is 18.6 Å². The average molecular weight is 462 g/mol. The van der Waals surface area contributed by atoms with E-state index in [1.165, 1.54) is 20.3 Å². The average Bonchev–Trinajstić information content (AvgIpc) is 2.74. The lowest BCUT2D eigenvalue weighted by Gasteiger charge is -2.21. The Morgan fingerprint density at radius 1 is 0.906 bits per heavy atom. The van der Waals surface area contributed by atoms with E-state index in [0.717, 1.165) is 29.6 Å². The summed E-state index contributed by atoms with van der Waals surface area (Å²) in [4.78, 5) is 1.95. The molecule has 32 heavy (non-hydrogen) atoms. The standard InChI is InChI=1S/C23H24FNO6S/c1-25(2)16-9-6-14(7-10-16)17-13-20(29-3)21(15-8-11-19(26)18(24)12-15)23(22(17)30-4)31-32(5,27)28/h6-13,26H,1-5H3. The topological polar surface area (TPSA) is 85.3 Å². The van der Waals surface area contributed by atoms with Gasteiger partial charge in [0, 0.05) is 25.3 Å². The highest BCUT2D eigenvalue weighted by Crippen LogP contribution is 2.51. The summed E-state index contributed by atoms with van der Waals surface area (Å²) in [7, 11) is 2.64. The molecule has 3 rings (SSSR count). The molecule has 0 aliphatic rings. The van der Waals surface area contributed by atoms with E-state index in [1.807, 2.05) is 43.3 Å². The molecular formula is C23H24FNO6S. The predicted molar refractivity (Wildman–Crippen MR) is 122 cm³/mol. The number of nitrogens with zero attached hydrogens (tertiary/aromatic N) is 1. The minimum Gasteiger partial charge on any atom is -0.505 e. The number of halogens is 1. The largest absolute Gasteiger partial charge is 0.505 e. The predicted octanol–water partition coefficient (Wildman–Crippen LogP) is 4.29. The van der Waals surface area contributed by atoms with Crippen LogP contribution >= 0.6 is 0 Å². The molecule has 0 fully saturated rings. The van der Waals surface area contributed by atoms with Crippen molar-refractivity contribution in [3.8, 4) is 45.3 Å². The van der Waals surface area contributed by atoms with Gasteiger partial charge in [-0.1, -0.05) is 18.2 Å². The Balaban J connectivity index is 2.36. The molecule has 0 heterocycles. The van der Waals surface area contributed by atoms with E-state index in [1.54, 1.807) is 6.07 Å². The molecular weight excluding hydrogens is 437 g/mol. The van der Waals surface area contributed by atoms with Crippen LogP contribution in [-0.2, 0) is 10.1 Å². The molecule has 1 N–H and O–H groups in total. The molecule has 0 saturated carbocycles. The van der Waals surface area contributed by atoms with Crippen molar-refractivity contribution in [2.75, 3.05) is 39.5 Å². The number of anilines is 1. The van der Waals surface area contributed by atoms with Gasteiger partial charge in [-0.25, -0.2) is 4.39 Å². The molecule has 0 atom stereocenters. The Bertz CT molecular complexity index is 1240. The second kappa shape index (κ2) is 8.96. The Kier molecular flexibility index (Phi) is 6.50. The molecule has 9 heteroatoms. The van der Waals surface area contributed by atoms with Crippen LogP contribution in [0.2, 0.25) is 0 Å². The van der Waals surface area contributed by atoms with Crippen LogP contribution in [0.1, 0.15) is 0 Å². The summed E-state index contributed by atoms with van der Waals surface area (Å²) in [6.45, 7) is 0. The van der Waals surface area contributed by atoms with Gasteiger partial charge in [0.1, 0.15) is 5.75 Å². The Morgan fingerprint density at radius 2 is 1.53 bits per heavy atom. The summed E-state index contributed by atoms with van der Waals surface area (Å²) >= 11 is 0. The summed E-state index contributed by atoms with van der Waals surface area (Å²) in [5, 5.41) is 9.57. The molecule has 0 saturated heterocycles. The molecule has 3 aromatic rings. The SMILES string of the molecule is COc1cc(-c2ccc(N(C)C)cc2)c(OC)c(OS(C)(=O)=O)c1-c1ccc(O)c(F)c1. The summed E-state index contributed by atoms with van der Waals surface area (Å²) in [5.41, 5.74) is 2.64. The first-order valence-corrected chi connectivity index (χ1v) is 11.3. The van der Waals surface area contributed by atoms with Gasteiger partial charge in [-0.2, -0.15) is 8.42 Å². The quantitative estimate of drug-likeness (QED) is 0.526. The lowest BCUT2D eigenvalue weighted by atomic mass is 9.96. The summed E-state index contributed by atoms with van der Waals surface area (Å²) < 4.78 is 54.7. The van der Waals surface area contributed by atoms with E-state index in [2.05, 4.69) is 0 Å². The number of phenolic OH excluding ortho intramolecular Hbond substituents is 1. The number of phenols is 1. The number of hydrogen-bond donors (Lipinski definition) is 1. The molecule has 0 unspecified atom stereocenters. The zero-order chi connectivity index (χ0) is 23.6. The van der Waals surface area contributed by atoms with Crippen molar-refractivity contribution in [3.05, 3.63) is 54.3 Å². The van der Waals surface area contributed by atoms with E-state index >= 15 is 0 Å². The second-order valence-electron chi connectivity index (χ2n) is 7.26. The van der Waals surface area contributed by atoms with Gasteiger partial charge in [0.25, 0.3) is 0 Å². The first kappa shape index (κ1) is 23.2. The van der Waals surface area contributed by atoms with E-state index in [-0.39, 0.29) is 28.4 Å². The highest BCUT2D eigenvalue weighted by atomic mass is 32.2. The molecule has 0 aliphatic heterocycles. The lowest BCUT2D eigenvalue weighted by molar-refractivity contribution is 0.386. The first-order chi connectivity index (χ1) is 15.1. The number of hydrogen-bond acceptors (Lipinski definition) is 7. The fraction of sp³-hybridized carbons (Fsp3) is 0.217. The monoisotopic (exact) mass is 461 g/mol. The highest BCUT2D eigenvalue weighted by Gasteiger charge is 2.26. The zero-order valence-electron chi connectivity index (χ0n) is 18.3. The number of methoxy groups -OCH3 is 2. The van der Waals surface area contributed by atoms with E-state index in [0.29, 0.717) is 5.56 Å². The fourth-order valence-corrected chi connectivity index (χ4v) is 3.76. The van der Waals surface area contributed by atoms with Crippen molar-refractivity contribution >= 4 is 15.8 Å².